The lowest BCUT2D eigenvalue weighted by Crippen LogP contribution is -2.36. The van der Waals surface area contributed by atoms with Crippen LogP contribution in [0, 0.1) is 17.0 Å². The third-order valence-corrected chi connectivity index (χ3v) is 3.72. The van der Waals surface area contributed by atoms with Gasteiger partial charge in [0.15, 0.2) is 5.96 Å². The summed E-state index contributed by atoms with van der Waals surface area (Å²) in [5, 5.41) is 17.1. The number of nitro groups is 1. The summed E-state index contributed by atoms with van der Waals surface area (Å²) in [6, 6.07) is 12.5. The van der Waals surface area contributed by atoms with E-state index in [1.165, 1.54) is 12.1 Å². The number of benzene rings is 2. The number of guanidine groups is 1. The molecule has 0 atom stereocenters. The lowest BCUT2D eigenvalue weighted by molar-refractivity contribution is -0.384. The molecule has 0 aromatic heterocycles. The van der Waals surface area contributed by atoms with E-state index in [1.54, 1.807) is 26.3 Å². The van der Waals surface area contributed by atoms with Crippen molar-refractivity contribution in [2.75, 3.05) is 14.2 Å². The molecule has 0 bridgehead atoms. The van der Waals surface area contributed by atoms with Crippen LogP contribution >= 0.6 is 24.0 Å². The highest BCUT2D eigenvalue weighted by Crippen LogP contribution is 2.19. The molecule has 0 radical (unpaired) electrons. The van der Waals surface area contributed by atoms with Crippen LogP contribution in [-0.4, -0.2) is 25.0 Å². The number of methoxy groups -OCH3 is 1. The molecule has 0 saturated heterocycles. The van der Waals surface area contributed by atoms with Gasteiger partial charge in [0.05, 0.1) is 12.0 Å². The smallest absolute Gasteiger partial charge is 0.269 e. The van der Waals surface area contributed by atoms with Gasteiger partial charge in [-0.3, -0.25) is 15.1 Å². The van der Waals surface area contributed by atoms with E-state index in [1.807, 2.05) is 25.1 Å². The number of nitrogens with one attached hydrogen (secondary N) is 2. The Bertz CT molecular complexity index is 764. The van der Waals surface area contributed by atoms with Gasteiger partial charge in [0, 0.05) is 37.8 Å². The first-order chi connectivity index (χ1) is 12.0. The summed E-state index contributed by atoms with van der Waals surface area (Å²) >= 11 is 0. The summed E-state index contributed by atoms with van der Waals surface area (Å²) < 4.78 is 5.40. The molecule has 0 unspecified atom stereocenters. The predicted octanol–water partition coefficient (Wildman–Crippen LogP) is 3.40. The maximum atomic E-state index is 10.7. The zero-order valence-electron chi connectivity index (χ0n) is 15.0. The highest BCUT2D eigenvalue weighted by Gasteiger charge is 2.06. The number of nitrogens with zero attached hydrogens (tertiary/aromatic N) is 2. The summed E-state index contributed by atoms with van der Waals surface area (Å²) in [5.74, 6) is 1.47. The van der Waals surface area contributed by atoms with Gasteiger partial charge in [-0.1, -0.05) is 24.3 Å². The molecule has 2 aromatic carbocycles. The van der Waals surface area contributed by atoms with Crippen LogP contribution in [0.5, 0.6) is 5.75 Å². The lowest BCUT2D eigenvalue weighted by atomic mass is 10.1. The van der Waals surface area contributed by atoms with Gasteiger partial charge in [-0.25, -0.2) is 0 Å². The van der Waals surface area contributed by atoms with Gasteiger partial charge in [-0.15, -0.1) is 24.0 Å². The average molecular weight is 470 g/mol. The maximum Gasteiger partial charge on any atom is 0.269 e. The van der Waals surface area contributed by atoms with E-state index in [4.69, 9.17) is 4.74 Å². The molecule has 0 amide bonds. The van der Waals surface area contributed by atoms with Crippen LogP contribution in [0.15, 0.2) is 47.5 Å². The number of non-ortho nitro benzene ring substituents is 1. The third kappa shape index (κ3) is 6.17. The van der Waals surface area contributed by atoms with Gasteiger partial charge in [-0.2, -0.15) is 0 Å². The molecule has 140 valence electrons. The van der Waals surface area contributed by atoms with Crippen molar-refractivity contribution >= 4 is 35.6 Å². The molecule has 26 heavy (non-hydrogen) atoms. The number of halogens is 1. The van der Waals surface area contributed by atoms with E-state index in [-0.39, 0.29) is 29.7 Å². The minimum atomic E-state index is -0.410. The molecule has 7 nitrogen and oxygen atoms in total. The molecule has 0 spiro atoms. The molecule has 0 fully saturated rings. The van der Waals surface area contributed by atoms with Crippen LogP contribution < -0.4 is 15.4 Å². The van der Waals surface area contributed by atoms with Gasteiger partial charge in [-0.05, 0) is 24.1 Å². The van der Waals surface area contributed by atoms with Crippen LogP contribution in [0.25, 0.3) is 0 Å². The highest BCUT2D eigenvalue weighted by atomic mass is 127. The standard InChI is InChI=1S/C18H22N4O3.HI/c1-13-4-7-15(17(10-13)25-3)12-21-18(19-2)20-11-14-5-8-16(9-6-14)22(23)24;/h4-10H,11-12H2,1-3H3,(H2,19,20,21);1H. The summed E-state index contributed by atoms with van der Waals surface area (Å²) in [4.78, 5) is 14.4. The second-order valence-electron chi connectivity index (χ2n) is 5.52. The summed E-state index contributed by atoms with van der Waals surface area (Å²) in [5.41, 5.74) is 3.19. The summed E-state index contributed by atoms with van der Waals surface area (Å²) in [6.07, 6.45) is 0. The Hall–Kier alpha value is -2.36. The van der Waals surface area contributed by atoms with E-state index in [9.17, 15) is 10.1 Å². The first-order valence-corrected chi connectivity index (χ1v) is 7.85. The topological polar surface area (TPSA) is 88.8 Å². The fraction of sp³-hybridized carbons (Fsp3) is 0.278. The van der Waals surface area contributed by atoms with Crippen LogP contribution in [0.1, 0.15) is 16.7 Å². The molecule has 2 N–H and O–H groups in total. The molecular formula is C18H23IN4O3. The van der Waals surface area contributed by atoms with Crippen molar-refractivity contribution < 1.29 is 9.66 Å². The van der Waals surface area contributed by atoms with Gasteiger partial charge in [0.1, 0.15) is 5.75 Å². The normalized spacial score (nSPS) is 10.7. The maximum absolute atomic E-state index is 10.7. The van der Waals surface area contributed by atoms with Crippen molar-refractivity contribution in [3.63, 3.8) is 0 Å². The summed E-state index contributed by atoms with van der Waals surface area (Å²) in [7, 11) is 3.34. The van der Waals surface area contributed by atoms with Crippen molar-refractivity contribution in [3.05, 3.63) is 69.3 Å². The quantitative estimate of drug-likeness (QED) is 0.222. The highest BCUT2D eigenvalue weighted by molar-refractivity contribution is 14.0. The van der Waals surface area contributed by atoms with Gasteiger partial charge in [0.25, 0.3) is 5.69 Å². The molecule has 2 rings (SSSR count). The van der Waals surface area contributed by atoms with Crippen molar-refractivity contribution in [1.82, 2.24) is 10.6 Å². The number of rotatable bonds is 6. The van der Waals surface area contributed by atoms with Crippen molar-refractivity contribution in [2.45, 2.75) is 20.0 Å². The van der Waals surface area contributed by atoms with Crippen LogP contribution in [0.2, 0.25) is 0 Å². The molecule has 0 aliphatic carbocycles. The average Bonchev–Trinajstić information content (AvgIpc) is 2.63. The Morgan fingerprint density at radius 2 is 1.81 bits per heavy atom. The molecular weight excluding hydrogens is 447 g/mol. The van der Waals surface area contributed by atoms with Gasteiger partial charge < -0.3 is 15.4 Å². The third-order valence-electron chi connectivity index (χ3n) is 3.72. The molecule has 2 aromatic rings. The predicted molar refractivity (Wildman–Crippen MR) is 113 cm³/mol. The zero-order chi connectivity index (χ0) is 18.2. The number of aryl methyl sites for hydroxylation is 1. The number of aliphatic imine (C=N–C) groups is 1. The zero-order valence-corrected chi connectivity index (χ0v) is 17.3. The fourth-order valence-corrected chi connectivity index (χ4v) is 2.32. The Balaban J connectivity index is 0.00000338. The first-order valence-electron chi connectivity index (χ1n) is 7.85. The molecule has 0 aliphatic heterocycles. The van der Waals surface area contributed by atoms with E-state index in [2.05, 4.69) is 15.6 Å². The second-order valence-corrected chi connectivity index (χ2v) is 5.52. The first kappa shape index (κ1) is 21.7. The minimum Gasteiger partial charge on any atom is -0.496 e. The molecule has 0 aliphatic rings. The second kappa shape index (κ2) is 10.6. The number of hydrogen-bond donors (Lipinski definition) is 2. The number of hydrogen-bond acceptors (Lipinski definition) is 4. The Kier molecular flexibility index (Phi) is 8.83. The SMILES string of the molecule is CN=C(NCc1ccc([N+](=O)[O-])cc1)NCc1ccc(C)cc1OC.I. The Morgan fingerprint density at radius 1 is 1.15 bits per heavy atom. The fourth-order valence-electron chi connectivity index (χ4n) is 2.32. The Labute approximate surface area is 170 Å². The minimum absolute atomic E-state index is 0. The largest absolute Gasteiger partial charge is 0.496 e. The van der Waals surface area contributed by atoms with E-state index in [0.717, 1.165) is 22.4 Å². The van der Waals surface area contributed by atoms with Crippen LogP contribution in [0.3, 0.4) is 0 Å². The lowest BCUT2D eigenvalue weighted by Gasteiger charge is -2.14. The van der Waals surface area contributed by atoms with Crippen molar-refractivity contribution in [1.29, 1.82) is 0 Å². The Morgan fingerprint density at radius 3 is 2.38 bits per heavy atom. The molecule has 0 saturated carbocycles. The van der Waals surface area contributed by atoms with E-state index >= 15 is 0 Å². The number of nitro benzene ring substituents is 1. The van der Waals surface area contributed by atoms with Crippen LogP contribution in [0.4, 0.5) is 5.69 Å². The summed E-state index contributed by atoms with van der Waals surface area (Å²) in [6.45, 7) is 3.11. The van der Waals surface area contributed by atoms with Gasteiger partial charge in [0.2, 0.25) is 0 Å². The van der Waals surface area contributed by atoms with Gasteiger partial charge >= 0.3 is 0 Å². The van der Waals surface area contributed by atoms with E-state index < -0.39 is 4.92 Å². The molecule has 0 heterocycles. The monoisotopic (exact) mass is 470 g/mol. The number of ether oxygens (including phenoxy) is 1. The van der Waals surface area contributed by atoms with Crippen molar-refractivity contribution in [2.24, 2.45) is 4.99 Å². The van der Waals surface area contributed by atoms with Crippen LogP contribution in [-0.2, 0) is 13.1 Å². The van der Waals surface area contributed by atoms with Crippen molar-refractivity contribution in [3.8, 4) is 5.75 Å². The molecule has 8 heteroatoms. The van der Waals surface area contributed by atoms with E-state index in [0.29, 0.717) is 19.0 Å².